The first-order valence-corrected chi connectivity index (χ1v) is 6.75. The SMILES string of the molecule is NC(=O)Cn1c2[n+](c3ccccc31)C[C@H](O)CS2. The van der Waals surface area contributed by atoms with E-state index in [0.29, 0.717) is 12.3 Å². The second kappa shape index (κ2) is 4.29. The molecular weight excluding hydrogens is 250 g/mol. The van der Waals surface area contributed by atoms with Crippen molar-refractivity contribution in [2.24, 2.45) is 5.73 Å². The van der Waals surface area contributed by atoms with Crippen LogP contribution in [0.25, 0.3) is 11.0 Å². The molecule has 0 fully saturated rings. The topological polar surface area (TPSA) is 72.1 Å². The molecule has 0 aliphatic carbocycles. The molecule has 3 rings (SSSR count). The first-order chi connectivity index (χ1) is 8.66. The molecule has 3 N–H and O–H groups in total. The van der Waals surface area contributed by atoms with E-state index in [9.17, 15) is 9.90 Å². The highest BCUT2D eigenvalue weighted by Crippen LogP contribution is 2.26. The second-order valence-corrected chi connectivity index (χ2v) is 5.39. The first-order valence-electron chi connectivity index (χ1n) is 5.77. The Labute approximate surface area is 108 Å². The van der Waals surface area contributed by atoms with E-state index in [0.717, 1.165) is 16.2 Å². The quantitative estimate of drug-likeness (QED) is 0.743. The Kier molecular flexibility index (Phi) is 2.76. The monoisotopic (exact) mass is 264 g/mol. The molecular formula is C12H14N3O2S+. The summed E-state index contributed by atoms with van der Waals surface area (Å²) < 4.78 is 3.98. The summed E-state index contributed by atoms with van der Waals surface area (Å²) in [5.74, 6) is 0.292. The third-order valence-corrected chi connectivity index (χ3v) is 4.29. The number of aliphatic hydroxyl groups excluding tert-OH is 1. The number of imidazole rings is 1. The maximum absolute atomic E-state index is 11.2. The van der Waals surface area contributed by atoms with E-state index in [1.54, 1.807) is 11.8 Å². The number of fused-ring (bicyclic) bond motifs is 3. The predicted molar refractivity (Wildman–Crippen MR) is 68.1 cm³/mol. The number of para-hydroxylation sites is 2. The van der Waals surface area contributed by atoms with E-state index in [1.807, 2.05) is 28.8 Å². The van der Waals surface area contributed by atoms with Crippen LogP contribution in [-0.2, 0) is 17.9 Å². The lowest BCUT2D eigenvalue weighted by Gasteiger charge is -2.14. The highest BCUT2D eigenvalue weighted by atomic mass is 32.2. The largest absolute Gasteiger partial charge is 0.388 e. The summed E-state index contributed by atoms with van der Waals surface area (Å²) in [6, 6.07) is 7.86. The number of nitrogens with zero attached hydrogens (tertiary/aromatic N) is 2. The third-order valence-electron chi connectivity index (χ3n) is 3.04. The van der Waals surface area contributed by atoms with E-state index in [2.05, 4.69) is 4.57 Å². The summed E-state index contributed by atoms with van der Waals surface area (Å²) in [6.07, 6.45) is -0.347. The average molecular weight is 264 g/mol. The highest BCUT2D eigenvalue weighted by molar-refractivity contribution is 7.99. The van der Waals surface area contributed by atoms with Crippen molar-refractivity contribution in [3.8, 4) is 0 Å². The molecule has 1 aliphatic heterocycles. The average Bonchev–Trinajstić information content (AvgIpc) is 2.64. The Hall–Kier alpha value is -1.53. The fraction of sp³-hybridized carbons (Fsp3) is 0.333. The van der Waals surface area contributed by atoms with Crippen molar-refractivity contribution in [1.82, 2.24) is 4.57 Å². The van der Waals surface area contributed by atoms with Gasteiger partial charge in [-0.3, -0.25) is 4.79 Å². The summed E-state index contributed by atoms with van der Waals surface area (Å²) >= 11 is 1.56. The number of thioether (sulfide) groups is 1. The van der Waals surface area contributed by atoms with Crippen LogP contribution in [0.3, 0.4) is 0 Å². The second-order valence-electron chi connectivity index (χ2n) is 4.40. The molecule has 1 atom stereocenters. The van der Waals surface area contributed by atoms with Gasteiger partial charge in [0.15, 0.2) is 17.6 Å². The van der Waals surface area contributed by atoms with Gasteiger partial charge in [-0.25, -0.2) is 9.13 Å². The number of nitrogens with two attached hydrogens (primary N) is 1. The Morgan fingerprint density at radius 1 is 1.56 bits per heavy atom. The minimum atomic E-state index is -0.356. The van der Waals surface area contributed by atoms with E-state index in [-0.39, 0.29) is 18.6 Å². The van der Waals surface area contributed by atoms with Gasteiger partial charge in [-0.15, -0.1) is 0 Å². The van der Waals surface area contributed by atoms with Gasteiger partial charge in [-0.2, -0.15) is 0 Å². The van der Waals surface area contributed by atoms with Crippen LogP contribution in [0.5, 0.6) is 0 Å². The van der Waals surface area contributed by atoms with Gasteiger partial charge < -0.3 is 10.8 Å². The molecule has 0 unspecified atom stereocenters. The minimum absolute atomic E-state index is 0.173. The van der Waals surface area contributed by atoms with Crippen molar-refractivity contribution < 1.29 is 14.5 Å². The number of rotatable bonds is 2. The molecule has 1 aromatic carbocycles. The molecule has 0 saturated heterocycles. The number of aromatic nitrogens is 2. The molecule has 18 heavy (non-hydrogen) atoms. The van der Waals surface area contributed by atoms with Crippen LogP contribution in [0.15, 0.2) is 29.4 Å². The number of carbonyl (C=O) groups excluding carboxylic acids is 1. The maximum atomic E-state index is 11.2. The van der Waals surface area contributed by atoms with Crippen LogP contribution < -0.4 is 10.3 Å². The molecule has 6 heteroatoms. The van der Waals surface area contributed by atoms with E-state index >= 15 is 0 Å². The fourth-order valence-electron chi connectivity index (χ4n) is 2.35. The van der Waals surface area contributed by atoms with Crippen LogP contribution in [-0.4, -0.2) is 27.4 Å². The van der Waals surface area contributed by atoms with Crippen LogP contribution in [0.2, 0.25) is 0 Å². The van der Waals surface area contributed by atoms with Crippen molar-refractivity contribution >= 4 is 28.7 Å². The molecule has 0 bridgehead atoms. The van der Waals surface area contributed by atoms with Crippen molar-refractivity contribution in [3.63, 3.8) is 0 Å². The molecule has 0 spiro atoms. The molecule has 1 amide bonds. The van der Waals surface area contributed by atoms with Gasteiger partial charge in [-0.05, 0) is 23.9 Å². The van der Waals surface area contributed by atoms with Crippen molar-refractivity contribution in [2.75, 3.05) is 5.75 Å². The lowest BCUT2D eigenvalue weighted by atomic mass is 10.3. The van der Waals surface area contributed by atoms with Crippen LogP contribution in [0.1, 0.15) is 0 Å². The number of hydrogen-bond acceptors (Lipinski definition) is 3. The summed E-state index contributed by atoms with van der Waals surface area (Å²) in [7, 11) is 0. The number of primary amides is 1. The van der Waals surface area contributed by atoms with Gasteiger partial charge >= 0.3 is 5.16 Å². The highest BCUT2D eigenvalue weighted by Gasteiger charge is 2.31. The van der Waals surface area contributed by atoms with Gasteiger partial charge in [0.1, 0.15) is 12.6 Å². The number of amides is 1. The smallest absolute Gasteiger partial charge is 0.319 e. The Bertz CT molecular complexity index is 623. The van der Waals surface area contributed by atoms with Crippen LogP contribution >= 0.6 is 11.8 Å². The zero-order valence-electron chi connectivity index (χ0n) is 9.74. The van der Waals surface area contributed by atoms with E-state index in [1.165, 1.54) is 0 Å². The third kappa shape index (κ3) is 1.77. The predicted octanol–water partition coefficient (Wildman–Crippen LogP) is -0.119. The number of aliphatic hydroxyl groups is 1. The van der Waals surface area contributed by atoms with Gasteiger partial charge in [-0.1, -0.05) is 12.1 Å². The first kappa shape index (κ1) is 11.6. The molecule has 1 aromatic heterocycles. The molecule has 0 saturated carbocycles. The zero-order valence-corrected chi connectivity index (χ0v) is 10.6. The maximum Gasteiger partial charge on any atom is 0.319 e. The van der Waals surface area contributed by atoms with E-state index < -0.39 is 0 Å². The van der Waals surface area contributed by atoms with Crippen LogP contribution in [0.4, 0.5) is 0 Å². The Morgan fingerprint density at radius 3 is 3.11 bits per heavy atom. The molecule has 1 aliphatic rings. The molecule has 5 nitrogen and oxygen atoms in total. The van der Waals surface area contributed by atoms with Gasteiger partial charge in [0.2, 0.25) is 0 Å². The Morgan fingerprint density at radius 2 is 2.33 bits per heavy atom. The van der Waals surface area contributed by atoms with Gasteiger partial charge in [0.25, 0.3) is 5.91 Å². The van der Waals surface area contributed by atoms with Crippen LogP contribution in [0, 0.1) is 0 Å². The number of carbonyl (C=O) groups is 1. The van der Waals surface area contributed by atoms with Crippen molar-refractivity contribution in [1.29, 1.82) is 0 Å². The minimum Gasteiger partial charge on any atom is -0.388 e. The number of hydrogen-bond donors (Lipinski definition) is 2. The number of benzene rings is 1. The summed E-state index contributed by atoms with van der Waals surface area (Å²) in [5.41, 5.74) is 7.31. The van der Waals surface area contributed by atoms with Gasteiger partial charge in [0, 0.05) is 5.75 Å². The van der Waals surface area contributed by atoms with Gasteiger partial charge in [0.05, 0.1) is 0 Å². The summed E-state index contributed by atoms with van der Waals surface area (Å²) in [6.45, 7) is 0.737. The Balaban J connectivity index is 2.24. The van der Waals surface area contributed by atoms with Crippen molar-refractivity contribution in [2.45, 2.75) is 24.3 Å². The fourth-order valence-corrected chi connectivity index (χ4v) is 3.44. The molecule has 2 aromatic rings. The van der Waals surface area contributed by atoms with E-state index in [4.69, 9.17) is 5.73 Å². The lowest BCUT2D eigenvalue weighted by Crippen LogP contribution is -2.46. The summed E-state index contributed by atoms with van der Waals surface area (Å²) in [4.78, 5) is 11.2. The standard InChI is InChI=1S/C12H13N3O2S/c13-11(17)6-15-10-4-2-1-3-9(10)14-5-8(16)7-18-12(14)15/h1-4,8,16H,5-7H2,(H-,13,17)/p+1/t8-/m0/s1. The molecule has 2 heterocycles. The molecule has 0 radical (unpaired) electrons. The molecule has 94 valence electrons. The van der Waals surface area contributed by atoms with Crippen molar-refractivity contribution in [3.05, 3.63) is 24.3 Å². The zero-order chi connectivity index (χ0) is 12.7. The summed E-state index contributed by atoms with van der Waals surface area (Å²) in [5, 5.41) is 10.8. The lowest BCUT2D eigenvalue weighted by molar-refractivity contribution is -0.717. The normalized spacial score (nSPS) is 18.8.